The van der Waals surface area contributed by atoms with E-state index in [1.54, 1.807) is 19.2 Å². The van der Waals surface area contributed by atoms with Crippen LogP contribution in [0.2, 0.25) is 0 Å². The van der Waals surface area contributed by atoms with Gasteiger partial charge in [-0.1, -0.05) is 50.2 Å². The van der Waals surface area contributed by atoms with E-state index in [1.807, 2.05) is 64.1 Å². The minimum Gasteiger partial charge on any atom is -0.480 e. The van der Waals surface area contributed by atoms with Crippen LogP contribution in [0.1, 0.15) is 63.1 Å². The summed E-state index contributed by atoms with van der Waals surface area (Å²) in [4.78, 5) is 31.7. The van der Waals surface area contributed by atoms with Crippen LogP contribution < -0.4 is 14.8 Å². The lowest BCUT2D eigenvalue weighted by Crippen LogP contribution is -2.25. The van der Waals surface area contributed by atoms with E-state index in [9.17, 15) is 19.1 Å². The Hall–Kier alpha value is -3.16. The number of hydrogen-bond acceptors (Lipinski definition) is 5. The fraction of sp³-hybridized carbons (Fsp3) is 0.387. The molecule has 3 aromatic rings. The zero-order valence-electron chi connectivity index (χ0n) is 24.0. The number of amides is 1. The molecule has 3 rings (SSSR count). The molecule has 0 unspecified atom stereocenters. The van der Waals surface area contributed by atoms with E-state index in [0.717, 1.165) is 45.4 Å². The van der Waals surface area contributed by atoms with Gasteiger partial charge in [-0.15, -0.1) is 0 Å². The third kappa shape index (κ3) is 8.18. The van der Waals surface area contributed by atoms with Gasteiger partial charge in [0.15, 0.2) is 13.1 Å². The summed E-state index contributed by atoms with van der Waals surface area (Å²) in [5, 5.41) is 2.98. The summed E-state index contributed by atoms with van der Waals surface area (Å²) in [7, 11) is -2.78. The van der Waals surface area contributed by atoms with Gasteiger partial charge in [0.2, 0.25) is 0 Å². The van der Waals surface area contributed by atoms with Gasteiger partial charge < -0.3 is 29.3 Å². The number of carbonyl (C=O) groups is 1. The number of benzene rings is 3. The van der Waals surface area contributed by atoms with Crippen molar-refractivity contribution in [2.75, 3.05) is 26.8 Å². The Kier molecular flexibility index (Phi) is 11.3. The Morgan fingerprint density at radius 2 is 1.57 bits per heavy atom. The van der Waals surface area contributed by atoms with Crippen LogP contribution in [0.25, 0.3) is 0 Å². The molecule has 0 saturated heterocycles. The zero-order chi connectivity index (χ0) is 29.3. The van der Waals surface area contributed by atoms with Crippen molar-refractivity contribution in [1.29, 1.82) is 0 Å². The smallest absolute Gasteiger partial charge is 0.362 e. The van der Waals surface area contributed by atoms with E-state index < -0.39 is 13.9 Å². The van der Waals surface area contributed by atoms with Crippen molar-refractivity contribution in [1.82, 2.24) is 5.32 Å². The molecule has 0 aromatic heterocycles. The summed E-state index contributed by atoms with van der Waals surface area (Å²) in [6.07, 6.45) is 1.93. The molecule has 0 radical (unpaired) electrons. The van der Waals surface area contributed by atoms with E-state index >= 15 is 0 Å². The Morgan fingerprint density at radius 3 is 2.15 bits per heavy atom. The largest absolute Gasteiger partial charge is 0.480 e. The molecule has 1 amide bonds. The molecule has 216 valence electrons. The molecule has 0 heterocycles. The molecule has 40 heavy (non-hydrogen) atoms. The van der Waals surface area contributed by atoms with Gasteiger partial charge in [-0.3, -0.25) is 9.36 Å². The van der Waals surface area contributed by atoms with Crippen molar-refractivity contribution in [3.63, 3.8) is 0 Å². The van der Waals surface area contributed by atoms with Crippen LogP contribution in [0.15, 0.2) is 48.5 Å². The Labute approximate surface area is 236 Å². The molecule has 0 aliphatic heterocycles. The Balaban J connectivity index is 1.90. The summed E-state index contributed by atoms with van der Waals surface area (Å²) in [6, 6.07) is 15.5. The molecule has 3 aromatic carbocycles. The summed E-state index contributed by atoms with van der Waals surface area (Å²) >= 11 is 0. The fourth-order valence-electron chi connectivity index (χ4n) is 4.96. The molecule has 8 nitrogen and oxygen atoms in total. The SMILES string of the molecule is CCc1c(C)c(Cc2ccc(C(=O)NCCc3ccccc3)cc2OCOC)c(C)c(CC)c1OCP(=O)(O)O. The number of ether oxygens (including phenoxy) is 3. The van der Waals surface area contributed by atoms with E-state index in [1.165, 1.54) is 0 Å². The van der Waals surface area contributed by atoms with E-state index in [0.29, 0.717) is 42.9 Å². The molecule has 0 spiro atoms. The van der Waals surface area contributed by atoms with Crippen molar-refractivity contribution in [3.8, 4) is 11.5 Å². The van der Waals surface area contributed by atoms with Gasteiger partial charge in [0.05, 0.1) is 0 Å². The fourth-order valence-corrected chi connectivity index (χ4v) is 5.26. The maximum Gasteiger partial charge on any atom is 0.362 e. The van der Waals surface area contributed by atoms with Crippen LogP contribution in [0.5, 0.6) is 11.5 Å². The van der Waals surface area contributed by atoms with Gasteiger partial charge in [-0.25, -0.2) is 0 Å². The molecule has 9 heteroatoms. The van der Waals surface area contributed by atoms with Crippen LogP contribution in [0, 0.1) is 13.8 Å². The minimum absolute atomic E-state index is 0.0413. The van der Waals surface area contributed by atoms with Gasteiger partial charge in [-0.05, 0) is 84.2 Å². The van der Waals surface area contributed by atoms with Gasteiger partial charge in [0.25, 0.3) is 5.91 Å². The first kappa shape index (κ1) is 31.4. The normalized spacial score (nSPS) is 11.4. The predicted molar refractivity (Wildman–Crippen MR) is 156 cm³/mol. The lowest BCUT2D eigenvalue weighted by atomic mass is 9.86. The summed E-state index contributed by atoms with van der Waals surface area (Å²) in [6.45, 7) is 8.59. The first-order valence-corrected chi connectivity index (χ1v) is 15.3. The number of nitrogens with one attached hydrogen (secondary N) is 1. The molecule has 0 aliphatic carbocycles. The van der Waals surface area contributed by atoms with Crippen molar-refractivity contribution in [2.24, 2.45) is 0 Å². The molecule has 0 saturated carbocycles. The molecule has 0 atom stereocenters. The topological polar surface area (TPSA) is 114 Å². The third-order valence-corrected chi connectivity index (χ3v) is 7.48. The summed E-state index contributed by atoms with van der Waals surface area (Å²) in [5.74, 6) is 0.949. The molecular weight excluding hydrogens is 529 g/mol. The first-order chi connectivity index (χ1) is 19.1. The number of methoxy groups -OCH3 is 1. The highest BCUT2D eigenvalue weighted by atomic mass is 31.2. The third-order valence-electron chi connectivity index (χ3n) is 7.01. The molecule has 0 fully saturated rings. The monoisotopic (exact) mass is 569 g/mol. The highest BCUT2D eigenvalue weighted by Crippen LogP contribution is 2.40. The van der Waals surface area contributed by atoms with Crippen molar-refractivity contribution < 1.29 is 33.4 Å². The maximum atomic E-state index is 12.9. The van der Waals surface area contributed by atoms with Gasteiger partial charge >= 0.3 is 7.60 Å². The Morgan fingerprint density at radius 1 is 0.925 bits per heavy atom. The lowest BCUT2D eigenvalue weighted by Gasteiger charge is -2.24. The van der Waals surface area contributed by atoms with Crippen molar-refractivity contribution >= 4 is 13.5 Å². The van der Waals surface area contributed by atoms with E-state index in [2.05, 4.69) is 5.32 Å². The van der Waals surface area contributed by atoms with E-state index in [4.69, 9.17) is 14.2 Å². The number of carbonyl (C=O) groups excluding carboxylic acids is 1. The second kappa shape index (κ2) is 14.5. The van der Waals surface area contributed by atoms with Crippen molar-refractivity contribution in [3.05, 3.63) is 93.0 Å². The summed E-state index contributed by atoms with van der Waals surface area (Å²) in [5.41, 5.74) is 7.54. The molecular formula is C31H40NO7P. The van der Waals surface area contributed by atoms with E-state index in [-0.39, 0.29) is 12.7 Å². The molecule has 3 N–H and O–H groups in total. The number of hydrogen-bond donors (Lipinski definition) is 3. The standard InChI is InChI=1S/C31H40NO7P/c1-6-26-21(3)28(22(4)27(7-2)30(26)39-20-40(34,35)36)17-24-13-14-25(18-29(24)38-19-37-5)31(33)32-16-15-23-11-9-8-10-12-23/h8-14,18H,6-7,15-17,19-20H2,1-5H3,(H,32,33)(H2,34,35,36). The quantitative estimate of drug-likeness (QED) is 0.174. The minimum atomic E-state index is -4.33. The Bertz CT molecular complexity index is 1320. The first-order valence-electron chi connectivity index (χ1n) is 13.5. The number of rotatable bonds is 14. The van der Waals surface area contributed by atoms with Crippen LogP contribution in [0.3, 0.4) is 0 Å². The second-order valence-electron chi connectivity index (χ2n) is 9.70. The lowest BCUT2D eigenvalue weighted by molar-refractivity contribution is 0.0504. The average Bonchev–Trinajstić information content (AvgIpc) is 2.93. The van der Waals surface area contributed by atoms with Crippen LogP contribution in [0.4, 0.5) is 0 Å². The van der Waals surface area contributed by atoms with Crippen LogP contribution >= 0.6 is 7.60 Å². The second-order valence-corrected chi connectivity index (χ2v) is 11.3. The van der Waals surface area contributed by atoms with Crippen LogP contribution in [-0.2, 0) is 35.0 Å². The molecule has 0 bridgehead atoms. The van der Waals surface area contributed by atoms with Gasteiger partial charge in [0, 0.05) is 25.6 Å². The highest BCUT2D eigenvalue weighted by Gasteiger charge is 2.23. The van der Waals surface area contributed by atoms with Crippen molar-refractivity contribution in [2.45, 2.75) is 53.4 Å². The summed E-state index contributed by atoms with van der Waals surface area (Å²) < 4.78 is 28.3. The van der Waals surface area contributed by atoms with Gasteiger partial charge in [0.1, 0.15) is 11.5 Å². The maximum absolute atomic E-state index is 12.9. The average molecular weight is 570 g/mol. The van der Waals surface area contributed by atoms with Crippen LogP contribution in [-0.4, -0.2) is 42.5 Å². The zero-order valence-corrected chi connectivity index (χ0v) is 24.8. The molecule has 0 aliphatic rings. The van der Waals surface area contributed by atoms with Gasteiger partial charge in [-0.2, -0.15) is 0 Å². The highest BCUT2D eigenvalue weighted by molar-refractivity contribution is 7.51. The predicted octanol–water partition coefficient (Wildman–Crippen LogP) is 5.49.